The van der Waals surface area contributed by atoms with Gasteiger partial charge in [-0.1, -0.05) is 31.4 Å². The molecule has 0 radical (unpaired) electrons. The maximum absolute atomic E-state index is 14.0. The average molecular weight is 235 g/mol. The van der Waals surface area contributed by atoms with Crippen LogP contribution in [0.2, 0.25) is 0 Å². The number of halogens is 1. The van der Waals surface area contributed by atoms with Gasteiger partial charge in [0, 0.05) is 11.6 Å². The van der Waals surface area contributed by atoms with Crippen LogP contribution in [0, 0.1) is 18.7 Å². The Hall–Kier alpha value is -0.890. The van der Waals surface area contributed by atoms with Crippen molar-refractivity contribution in [3.63, 3.8) is 0 Å². The first-order chi connectivity index (χ1) is 8.22. The lowest BCUT2D eigenvalue weighted by atomic mass is 9.81. The average Bonchev–Trinajstić information content (AvgIpc) is 2.34. The van der Waals surface area contributed by atoms with E-state index in [1.165, 1.54) is 32.1 Å². The van der Waals surface area contributed by atoms with Gasteiger partial charge in [0.05, 0.1) is 0 Å². The van der Waals surface area contributed by atoms with Crippen molar-refractivity contribution in [1.29, 1.82) is 0 Å². The molecule has 2 rings (SSSR count). The van der Waals surface area contributed by atoms with Crippen LogP contribution in [0.25, 0.3) is 0 Å². The van der Waals surface area contributed by atoms with Gasteiger partial charge in [-0.2, -0.15) is 0 Å². The summed E-state index contributed by atoms with van der Waals surface area (Å²) in [7, 11) is 1.94. The Morgan fingerprint density at radius 3 is 2.53 bits per heavy atom. The van der Waals surface area contributed by atoms with Gasteiger partial charge in [-0.3, -0.25) is 0 Å². The highest BCUT2D eigenvalue weighted by molar-refractivity contribution is 5.26. The SMILES string of the molecule is CNC(c1ccc(C)cc1F)C1CCCCC1. The van der Waals surface area contributed by atoms with Gasteiger partial charge in [0.1, 0.15) is 5.82 Å². The van der Waals surface area contributed by atoms with E-state index in [1.54, 1.807) is 6.07 Å². The first kappa shape index (κ1) is 12.6. The second-order valence-corrected chi connectivity index (χ2v) is 5.19. The van der Waals surface area contributed by atoms with E-state index < -0.39 is 0 Å². The fraction of sp³-hybridized carbons (Fsp3) is 0.600. The van der Waals surface area contributed by atoms with Crippen molar-refractivity contribution >= 4 is 0 Å². The predicted molar refractivity (Wildman–Crippen MR) is 69.5 cm³/mol. The van der Waals surface area contributed by atoms with Gasteiger partial charge < -0.3 is 5.32 Å². The Morgan fingerprint density at radius 2 is 1.94 bits per heavy atom. The van der Waals surface area contributed by atoms with Crippen molar-refractivity contribution in [3.05, 3.63) is 35.1 Å². The summed E-state index contributed by atoms with van der Waals surface area (Å²) in [6.45, 7) is 1.93. The van der Waals surface area contributed by atoms with Crippen LogP contribution in [0.15, 0.2) is 18.2 Å². The van der Waals surface area contributed by atoms with Crippen LogP contribution in [0.5, 0.6) is 0 Å². The Balaban J connectivity index is 2.21. The van der Waals surface area contributed by atoms with E-state index in [1.807, 2.05) is 26.1 Å². The van der Waals surface area contributed by atoms with E-state index in [0.717, 1.165) is 11.1 Å². The zero-order valence-corrected chi connectivity index (χ0v) is 10.8. The monoisotopic (exact) mass is 235 g/mol. The maximum Gasteiger partial charge on any atom is 0.128 e. The number of hydrogen-bond acceptors (Lipinski definition) is 1. The zero-order chi connectivity index (χ0) is 12.3. The van der Waals surface area contributed by atoms with Crippen molar-refractivity contribution in [2.75, 3.05) is 7.05 Å². The molecule has 2 heteroatoms. The lowest BCUT2D eigenvalue weighted by Gasteiger charge is -2.30. The summed E-state index contributed by atoms with van der Waals surface area (Å²) < 4.78 is 14.0. The Bertz CT molecular complexity index is 369. The van der Waals surface area contributed by atoms with Gasteiger partial charge in [-0.15, -0.1) is 0 Å². The molecular weight excluding hydrogens is 213 g/mol. The molecular formula is C15H22FN. The fourth-order valence-corrected chi connectivity index (χ4v) is 3.00. The Labute approximate surface area is 103 Å². The standard InChI is InChI=1S/C15H22FN/c1-11-8-9-13(14(16)10-11)15(17-2)12-6-4-3-5-7-12/h8-10,12,15,17H,3-7H2,1-2H3. The van der Waals surface area contributed by atoms with Crippen LogP contribution >= 0.6 is 0 Å². The van der Waals surface area contributed by atoms with Gasteiger partial charge in [-0.25, -0.2) is 4.39 Å². The molecule has 0 aliphatic heterocycles. The lowest BCUT2D eigenvalue weighted by molar-refractivity contribution is 0.277. The first-order valence-electron chi connectivity index (χ1n) is 6.65. The third kappa shape index (κ3) is 2.86. The molecule has 0 saturated heterocycles. The van der Waals surface area contributed by atoms with Crippen LogP contribution in [0.3, 0.4) is 0 Å². The fourth-order valence-electron chi connectivity index (χ4n) is 3.00. The van der Waals surface area contributed by atoms with Crippen LogP contribution in [0.4, 0.5) is 4.39 Å². The Kier molecular flexibility index (Phi) is 4.16. The topological polar surface area (TPSA) is 12.0 Å². The highest BCUT2D eigenvalue weighted by atomic mass is 19.1. The molecule has 0 amide bonds. The van der Waals surface area contributed by atoms with E-state index in [2.05, 4.69) is 5.32 Å². The largest absolute Gasteiger partial charge is 0.313 e. The van der Waals surface area contributed by atoms with Gasteiger partial charge in [-0.05, 0) is 44.4 Å². The molecule has 0 aromatic heterocycles. The van der Waals surface area contributed by atoms with Gasteiger partial charge in [0.15, 0.2) is 0 Å². The van der Waals surface area contributed by atoms with E-state index in [0.29, 0.717) is 5.92 Å². The van der Waals surface area contributed by atoms with Crippen LogP contribution < -0.4 is 5.32 Å². The van der Waals surface area contributed by atoms with E-state index >= 15 is 0 Å². The zero-order valence-electron chi connectivity index (χ0n) is 10.8. The Morgan fingerprint density at radius 1 is 1.24 bits per heavy atom. The lowest BCUT2D eigenvalue weighted by Crippen LogP contribution is -2.27. The molecule has 1 unspecified atom stereocenters. The number of rotatable bonds is 3. The van der Waals surface area contributed by atoms with Gasteiger partial charge in [0.25, 0.3) is 0 Å². The summed E-state index contributed by atoms with van der Waals surface area (Å²) in [6, 6.07) is 5.77. The minimum atomic E-state index is -0.0603. The van der Waals surface area contributed by atoms with E-state index in [4.69, 9.17) is 0 Å². The quantitative estimate of drug-likeness (QED) is 0.835. The molecule has 1 saturated carbocycles. The maximum atomic E-state index is 14.0. The van der Waals surface area contributed by atoms with Crippen LogP contribution in [-0.4, -0.2) is 7.05 Å². The smallest absolute Gasteiger partial charge is 0.128 e. The minimum Gasteiger partial charge on any atom is -0.313 e. The third-order valence-electron chi connectivity index (χ3n) is 3.92. The summed E-state index contributed by atoms with van der Waals surface area (Å²) in [5.41, 5.74) is 1.83. The highest BCUT2D eigenvalue weighted by Crippen LogP contribution is 2.35. The van der Waals surface area contributed by atoms with E-state index in [-0.39, 0.29) is 11.9 Å². The van der Waals surface area contributed by atoms with Crippen LogP contribution in [0.1, 0.15) is 49.3 Å². The molecule has 94 valence electrons. The molecule has 0 spiro atoms. The van der Waals surface area contributed by atoms with Crippen LogP contribution in [-0.2, 0) is 0 Å². The van der Waals surface area contributed by atoms with E-state index in [9.17, 15) is 4.39 Å². The number of nitrogens with one attached hydrogen (secondary N) is 1. The van der Waals surface area contributed by atoms with Crippen molar-refractivity contribution in [3.8, 4) is 0 Å². The first-order valence-corrected chi connectivity index (χ1v) is 6.65. The molecule has 1 N–H and O–H groups in total. The van der Waals surface area contributed by atoms with Gasteiger partial charge in [0.2, 0.25) is 0 Å². The second-order valence-electron chi connectivity index (χ2n) is 5.19. The van der Waals surface area contributed by atoms with Gasteiger partial charge >= 0.3 is 0 Å². The van der Waals surface area contributed by atoms with Crippen molar-refractivity contribution in [2.45, 2.75) is 45.1 Å². The number of hydrogen-bond donors (Lipinski definition) is 1. The number of aryl methyl sites for hydroxylation is 1. The van der Waals surface area contributed by atoms with Crippen molar-refractivity contribution in [2.24, 2.45) is 5.92 Å². The molecule has 1 nitrogen and oxygen atoms in total. The summed E-state index contributed by atoms with van der Waals surface area (Å²) in [5.74, 6) is 0.529. The second kappa shape index (κ2) is 5.63. The predicted octanol–water partition coefficient (Wildman–Crippen LogP) is 3.97. The molecule has 1 aliphatic rings. The minimum absolute atomic E-state index is 0.0603. The normalized spacial score (nSPS) is 19.2. The highest BCUT2D eigenvalue weighted by Gasteiger charge is 2.25. The molecule has 1 aromatic carbocycles. The summed E-state index contributed by atoms with van der Waals surface area (Å²) in [5, 5.41) is 3.31. The molecule has 1 atom stereocenters. The summed E-state index contributed by atoms with van der Waals surface area (Å²) in [4.78, 5) is 0. The van der Waals surface area contributed by atoms with Crippen molar-refractivity contribution < 1.29 is 4.39 Å². The molecule has 17 heavy (non-hydrogen) atoms. The summed E-state index contributed by atoms with van der Waals surface area (Å²) in [6.07, 6.45) is 6.35. The molecule has 0 heterocycles. The molecule has 1 aromatic rings. The molecule has 1 fully saturated rings. The number of benzene rings is 1. The molecule has 0 bridgehead atoms. The summed E-state index contributed by atoms with van der Waals surface area (Å²) >= 11 is 0. The third-order valence-corrected chi connectivity index (χ3v) is 3.92. The molecule has 1 aliphatic carbocycles. The van der Waals surface area contributed by atoms with Crippen molar-refractivity contribution in [1.82, 2.24) is 5.32 Å².